The number of Topliss-reactive ketones (excluding diaryl/α,β-unsaturated/α-hetero) is 1. The Morgan fingerprint density at radius 2 is 1.70 bits per heavy atom. The second kappa shape index (κ2) is 9.23. The molecule has 208 valence electrons. The lowest BCUT2D eigenvalue weighted by Crippen LogP contribution is -2.59. The molecule has 5 aliphatic rings. The van der Waals surface area contributed by atoms with Gasteiger partial charge in [-0.3, -0.25) is 9.59 Å². The van der Waals surface area contributed by atoms with Crippen molar-refractivity contribution in [2.24, 2.45) is 50.7 Å². The molecule has 10 atom stereocenters. The zero-order valence-electron chi connectivity index (χ0n) is 23.8. The Labute approximate surface area is 222 Å². The summed E-state index contributed by atoms with van der Waals surface area (Å²) in [4.78, 5) is 36.3. The quantitative estimate of drug-likeness (QED) is 0.286. The molecule has 0 radical (unpaired) electrons. The van der Waals surface area contributed by atoms with Crippen molar-refractivity contribution < 1.29 is 28.6 Å². The second-order valence-corrected chi connectivity index (χ2v) is 14.3. The summed E-state index contributed by atoms with van der Waals surface area (Å²) in [6, 6.07) is 0. The molecule has 0 bridgehead atoms. The molecule has 0 N–H and O–H groups in total. The normalized spacial score (nSPS) is 47.1. The lowest BCUT2D eigenvalue weighted by Gasteiger charge is -2.62. The summed E-state index contributed by atoms with van der Waals surface area (Å²) < 4.78 is 16.9. The van der Waals surface area contributed by atoms with Gasteiger partial charge in [0.05, 0.1) is 6.10 Å². The van der Waals surface area contributed by atoms with Crippen molar-refractivity contribution in [2.75, 3.05) is 20.3 Å². The van der Waals surface area contributed by atoms with E-state index in [2.05, 4.69) is 34.6 Å². The first-order valence-electron chi connectivity index (χ1n) is 14.7. The fourth-order valence-electron chi connectivity index (χ4n) is 11.1. The van der Waals surface area contributed by atoms with Crippen LogP contribution in [0, 0.1) is 50.7 Å². The number of aldehydes is 2. The summed E-state index contributed by atoms with van der Waals surface area (Å²) in [5, 5.41) is 0. The van der Waals surface area contributed by atoms with Crippen molar-refractivity contribution in [2.45, 2.75) is 105 Å². The third kappa shape index (κ3) is 3.57. The van der Waals surface area contributed by atoms with Gasteiger partial charge in [0.2, 0.25) is 6.29 Å². The largest absolute Gasteiger partial charge is 0.385 e. The Kier molecular flexibility index (Phi) is 6.85. The van der Waals surface area contributed by atoms with Crippen LogP contribution in [-0.2, 0) is 28.6 Å². The molecule has 2 spiro atoms. The van der Waals surface area contributed by atoms with E-state index in [-0.39, 0.29) is 39.8 Å². The van der Waals surface area contributed by atoms with Gasteiger partial charge in [-0.25, -0.2) is 0 Å². The van der Waals surface area contributed by atoms with E-state index in [1.165, 1.54) is 12.8 Å². The molecule has 6 heteroatoms. The van der Waals surface area contributed by atoms with Gasteiger partial charge in [0, 0.05) is 25.6 Å². The summed E-state index contributed by atoms with van der Waals surface area (Å²) in [6.07, 6.45) is 9.84. The number of carbonyl (C=O) groups is 3. The Hall–Kier alpha value is -1.11. The molecule has 0 aromatic carbocycles. The average Bonchev–Trinajstić information content (AvgIpc) is 3.49. The minimum atomic E-state index is -0.990. The molecular formula is C31H48O6. The molecule has 0 aromatic rings. The van der Waals surface area contributed by atoms with Gasteiger partial charge in [-0.05, 0) is 96.7 Å². The maximum absolute atomic E-state index is 14.0. The number of methoxy groups -OCH3 is 1. The summed E-state index contributed by atoms with van der Waals surface area (Å²) in [6.45, 7) is 12.4. The van der Waals surface area contributed by atoms with Gasteiger partial charge in [-0.15, -0.1) is 0 Å². The molecule has 37 heavy (non-hydrogen) atoms. The van der Waals surface area contributed by atoms with Crippen molar-refractivity contribution in [1.82, 2.24) is 0 Å². The Balaban J connectivity index is 1.39. The van der Waals surface area contributed by atoms with Gasteiger partial charge in [-0.2, -0.15) is 0 Å². The number of ketones is 1. The van der Waals surface area contributed by atoms with Crippen molar-refractivity contribution in [3.05, 3.63) is 0 Å². The highest BCUT2D eigenvalue weighted by Crippen LogP contribution is 2.88. The van der Waals surface area contributed by atoms with E-state index < -0.39 is 6.29 Å². The summed E-state index contributed by atoms with van der Waals surface area (Å²) in [7, 11) is 1.77. The van der Waals surface area contributed by atoms with E-state index in [0.29, 0.717) is 42.0 Å². The van der Waals surface area contributed by atoms with E-state index in [1.54, 1.807) is 7.11 Å². The molecule has 5 saturated carbocycles. The topological polar surface area (TPSA) is 78.9 Å². The maximum Gasteiger partial charge on any atom is 0.215 e. The summed E-state index contributed by atoms with van der Waals surface area (Å²) in [5.41, 5.74) is 0.271. The SMILES string of the molecule is COCC[C@@H](C)[C@H]1CC(=O)[C@@]2(C)C3CC[C@H]4C(C)(C)[C@@H](O[C@@H](C=O)OCC=O)CC[C@@]45CC35CC[C@]12C. The van der Waals surface area contributed by atoms with E-state index in [1.807, 2.05) is 0 Å². The highest BCUT2D eigenvalue weighted by Gasteiger charge is 2.83. The van der Waals surface area contributed by atoms with Crippen LogP contribution in [0.15, 0.2) is 0 Å². The lowest BCUT2D eigenvalue weighted by molar-refractivity contribution is -0.219. The molecule has 0 heterocycles. The van der Waals surface area contributed by atoms with E-state index in [4.69, 9.17) is 14.2 Å². The molecule has 5 aliphatic carbocycles. The van der Waals surface area contributed by atoms with Crippen molar-refractivity contribution in [1.29, 1.82) is 0 Å². The maximum atomic E-state index is 14.0. The monoisotopic (exact) mass is 516 g/mol. The van der Waals surface area contributed by atoms with Crippen LogP contribution in [0.1, 0.15) is 92.4 Å². The second-order valence-electron chi connectivity index (χ2n) is 14.3. The highest BCUT2D eigenvalue weighted by molar-refractivity contribution is 5.89. The lowest BCUT2D eigenvalue weighted by atomic mass is 9.41. The first-order chi connectivity index (χ1) is 17.5. The standard InChI is InChI=1S/C31H48O6/c1-20(10-15-35-6)21-17-24(34)29(5)23-8-7-22-27(2,3)25(37-26(18-33)36-16-14-32)9-11-30(22)19-31(23,30)13-12-28(21,29)4/h14,18,20-23,25-26H,7-13,15-17,19H2,1-6H3/t20-,21-,22+,23?,25+,26+,28-,29-,30-,31?/m1/s1. The van der Waals surface area contributed by atoms with Crippen LogP contribution in [0.2, 0.25) is 0 Å². The molecule has 0 saturated heterocycles. The summed E-state index contributed by atoms with van der Waals surface area (Å²) >= 11 is 0. The smallest absolute Gasteiger partial charge is 0.215 e. The molecule has 5 fully saturated rings. The van der Waals surface area contributed by atoms with E-state index in [0.717, 1.165) is 51.6 Å². The predicted molar refractivity (Wildman–Crippen MR) is 140 cm³/mol. The Morgan fingerprint density at radius 3 is 2.38 bits per heavy atom. The number of ether oxygens (including phenoxy) is 3. The van der Waals surface area contributed by atoms with Crippen LogP contribution >= 0.6 is 0 Å². The Bertz CT molecular complexity index is 931. The number of rotatable bonds is 10. The van der Waals surface area contributed by atoms with Crippen LogP contribution in [0.3, 0.4) is 0 Å². The van der Waals surface area contributed by atoms with Crippen molar-refractivity contribution in [3.63, 3.8) is 0 Å². The van der Waals surface area contributed by atoms with Gasteiger partial charge in [0.25, 0.3) is 0 Å². The number of hydrogen-bond acceptors (Lipinski definition) is 6. The first kappa shape index (κ1) is 27.5. The zero-order chi connectivity index (χ0) is 26.9. The van der Waals surface area contributed by atoms with Gasteiger partial charge < -0.3 is 19.0 Å². The van der Waals surface area contributed by atoms with Gasteiger partial charge >= 0.3 is 0 Å². The average molecular weight is 517 g/mol. The zero-order valence-corrected chi connectivity index (χ0v) is 23.8. The molecule has 6 nitrogen and oxygen atoms in total. The first-order valence-corrected chi connectivity index (χ1v) is 14.7. The van der Waals surface area contributed by atoms with Crippen molar-refractivity contribution >= 4 is 18.4 Å². The van der Waals surface area contributed by atoms with E-state index in [9.17, 15) is 14.4 Å². The highest BCUT2D eigenvalue weighted by atomic mass is 16.7. The van der Waals surface area contributed by atoms with Crippen LogP contribution in [0.5, 0.6) is 0 Å². The number of carbonyl (C=O) groups excluding carboxylic acids is 3. The Morgan fingerprint density at radius 1 is 1.00 bits per heavy atom. The van der Waals surface area contributed by atoms with Crippen LogP contribution in [0.4, 0.5) is 0 Å². The van der Waals surface area contributed by atoms with Crippen LogP contribution in [-0.4, -0.2) is 51.1 Å². The minimum absolute atomic E-state index is 0.0622. The fraction of sp³-hybridized carbons (Fsp3) is 0.903. The molecule has 0 aliphatic heterocycles. The molecular weight excluding hydrogens is 468 g/mol. The molecule has 0 aromatic heterocycles. The fourth-order valence-corrected chi connectivity index (χ4v) is 11.1. The summed E-state index contributed by atoms with van der Waals surface area (Å²) in [5.74, 6) is 2.43. The van der Waals surface area contributed by atoms with Crippen LogP contribution in [0.25, 0.3) is 0 Å². The minimum Gasteiger partial charge on any atom is -0.385 e. The van der Waals surface area contributed by atoms with E-state index >= 15 is 0 Å². The van der Waals surface area contributed by atoms with Crippen LogP contribution < -0.4 is 0 Å². The third-order valence-electron chi connectivity index (χ3n) is 13.1. The number of fused-ring (bicyclic) bond motifs is 2. The number of hydrogen-bond donors (Lipinski definition) is 0. The molecule has 0 amide bonds. The predicted octanol–water partition coefficient (Wildman–Crippen LogP) is 5.40. The van der Waals surface area contributed by atoms with Crippen molar-refractivity contribution in [3.8, 4) is 0 Å². The molecule has 5 rings (SSSR count). The molecule has 2 unspecified atom stereocenters. The van der Waals surface area contributed by atoms with Gasteiger partial charge in [-0.1, -0.05) is 34.6 Å². The van der Waals surface area contributed by atoms with Gasteiger partial charge in [0.15, 0.2) is 6.29 Å². The van der Waals surface area contributed by atoms with Gasteiger partial charge in [0.1, 0.15) is 18.7 Å². The third-order valence-corrected chi connectivity index (χ3v) is 13.1.